The summed E-state index contributed by atoms with van der Waals surface area (Å²) in [5, 5.41) is 10.9. The van der Waals surface area contributed by atoms with Crippen LogP contribution in [0, 0.1) is 5.82 Å². The lowest BCUT2D eigenvalue weighted by Gasteiger charge is -2.28. The molecule has 3 aromatic rings. The molecule has 0 aliphatic carbocycles. The minimum atomic E-state index is -0.463. The molecule has 0 radical (unpaired) electrons. The Hall–Kier alpha value is -3.33. The van der Waals surface area contributed by atoms with Crippen LogP contribution < -0.4 is 15.0 Å². The van der Waals surface area contributed by atoms with Crippen molar-refractivity contribution in [3.63, 3.8) is 0 Å². The molecule has 0 aromatic carbocycles. The Labute approximate surface area is 175 Å². The van der Waals surface area contributed by atoms with E-state index in [9.17, 15) is 4.39 Å². The van der Waals surface area contributed by atoms with Gasteiger partial charge in [0, 0.05) is 36.5 Å². The quantitative estimate of drug-likeness (QED) is 0.679. The molecular weight excluding hydrogens is 387 g/mol. The smallest absolute Gasteiger partial charge is 0.212 e. The third-order valence-corrected chi connectivity index (χ3v) is 4.35. The van der Waals surface area contributed by atoms with E-state index in [1.54, 1.807) is 37.7 Å². The van der Waals surface area contributed by atoms with E-state index in [1.165, 1.54) is 6.07 Å². The van der Waals surface area contributed by atoms with Crippen LogP contribution in [-0.4, -0.2) is 53.6 Å². The minimum Gasteiger partial charge on any atom is -0.481 e. The fraction of sp³-hybridized carbons (Fsp3) is 0.333. The van der Waals surface area contributed by atoms with E-state index in [4.69, 9.17) is 9.47 Å². The number of anilines is 3. The molecule has 8 nitrogen and oxygen atoms in total. The summed E-state index contributed by atoms with van der Waals surface area (Å²) in [5.41, 5.74) is 1.63. The monoisotopic (exact) mass is 412 g/mol. The Balaban J connectivity index is 0.00000124. The van der Waals surface area contributed by atoms with E-state index < -0.39 is 5.82 Å². The fourth-order valence-corrected chi connectivity index (χ4v) is 2.87. The number of halogens is 1. The Kier molecular flexibility index (Phi) is 7.45. The summed E-state index contributed by atoms with van der Waals surface area (Å²) in [6.45, 7) is 6.70. The van der Waals surface area contributed by atoms with Crippen LogP contribution in [0.5, 0.6) is 5.88 Å². The summed E-state index contributed by atoms with van der Waals surface area (Å²) in [7, 11) is 1.56. The highest BCUT2D eigenvalue weighted by molar-refractivity contribution is 5.67. The second kappa shape index (κ2) is 10.4. The summed E-state index contributed by atoms with van der Waals surface area (Å²) < 4.78 is 24.7. The molecule has 1 aliphatic rings. The lowest BCUT2D eigenvalue weighted by Crippen LogP contribution is -2.36. The van der Waals surface area contributed by atoms with Crippen LogP contribution in [0.2, 0.25) is 0 Å². The standard InChI is InChI=1S/C19H19FN6O2.C2H6/c1-27-18-5-2-13(11-21-18)14-10-16(25-22-12-14)23-19-15(20)3-4-17(24-19)26-6-8-28-9-7-26;1-2/h2-5,10-12H,6-9H2,1H3,(H,23,24,25);1-2H3. The predicted molar refractivity (Wildman–Crippen MR) is 114 cm³/mol. The molecule has 1 fully saturated rings. The number of morpholine rings is 1. The van der Waals surface area contributed by atoms with Crippen LogP contribution in [0.25, 0.3) is 11.1 Å². The number of aromatic nitrogens is 4. The topological polar surface area (TPSA) is 85.3 Å². The third-order valence-electron chi connectivity index (χ3n) is 4.35. The zero-order chi connectivity index (χ0) is 21.3. The van der Waals surface area contributed by atoms with Gasteiger partial charge < -0.3 is 19.7 Å². The molecule has 0 unspecified atom stereocenters. The van der Waals surface area contributed by atoms with Crippen molar-refractivity contribution in [1.29, 1.82) is 0 Å². The van der Waals surface area contributed by atoms with Crippen LogP contribution >= 0.6 is 0 Å². The largest absolute Gasteiger partial charge is 0.481 e. The van der Waals surface area contributed by atoms with Crippen LogP contribution in [0.1, 0.15) is 13.8 Å². The van der Waals surface area contributed by atoms with Gasteiger partial charge in [0.2, 0.25) is 5.88 Å². The van der Waals surface area contributed by atoms with Crippen molar-refractivity contribution in [2.75, 3.05) is 43.6 Å². The number of pyridine rings is 2. The van der Waals surface area contributed by atoms with Gasteiger partial charge in [-0.2, -0.15) is 5.10 Å². The lowest BCUT2D eigenvalue weighted by atomic mass is 10.1. The summed E-state index contributed by atoms with van der Waals surface area (Å²) in [6.07, 6.45) is 3.29. The third kappa shape index (κ3) is 5.18. The summed E-state index contributed by atoms with van der Waals surface area (Å²) >= 11 is 0. The van der Waals surface area contributed by atoms with Gasteiger partial charge in [0.1, 0.15) is 5.82 Å². The highest BCUT2D eigenvalue weighted by atomic mass is 19.1. The van der Waals surface area contributed by atoms with Gasteiger partial charge in [0.05, 0.1) is 26.5 Å². The lowest BCUT2D eigenvalue weighted by molar-refractivity contribution is 0.122. The van der Waals surface area contributed by atoms with Gasteiger partial charge >= 0.3 is 0 Å². The van der Waals surface area contributed by atoms with Crippen molar-refractivity contribution in [2.24, 2.45) is 0 Å². The number of nitrogens with zero attached hydrogens (tertiary/aromatic N) is 5. The Bertz CT molecular complexity index is 948. The van der Waals surface area contributed by atoms with E-state index in [-0.39, 0.29) is 5.82 Å². The van der Waals surface area contributed by atoms with Gasteiger partial charge in [-0.3, -0.25) is 0 Å². The first-order valence-corrected chi connectivity index (χ1v) is 9.82. The normalized spacial score (nSPS) is 13.3. The number of hydrogen-bond donors (Lipinski definition) is 1. The van der Waals surface area contributed by atoms with Crippen molar-refractivity contribution in [2.45, 2.75) is 13.8 Å². The molecule has 1 N–H and O–H groups in total. The highest BCUT2D eigenvalue weighted by Gasteiger charge is 2.15. The second-order valence-corrected chi connectivity index (χ2v) is 6.14. The Morgan fingerprint density at radius 1 is 1.07 bits per heavy atom. The Morgan fingerprint density at radius 3 is 2.57 bits per heavy atom. The number of hydrogen-bond acceptors (Lipinski definition) is 8. The van der Waals surface area contributed by atoms with Crippen molar-refractivity contribution < 1.29 is 13.9 Å². The molecular formula is C21H25FN6O2. The molecule has 9 heteroatoms. The van der Waals surface area contributed by atoms with Gasteiger partial charge in [-0.05, 0) is 24.3 Å². The molecule has 0 spiro atoms. The Morgan fingerprint density at radius 2 is 1.87 bits per heavy atom. The second-order valence-electron chi connectivity index (χ2n) is 6.14. The molecule has 0 bridgehead atoms. The number of methoxy groups -OCH3 is 1. The molecule has 4 heterocycles. The van der Waals surface area contributed by atoms with Crippen molar-refractivity contribution in [3.05, 3.63) is 48.5 Å². The molecule has 1 aliphatic heterocycles. The molecule has 158 valence electrons. The van der Waals surface area contributed by atoms with Crippen LogP contribution in [0.3, 0.4) is 0 Å². The molecule has 0 saturated carbocycles. The first-order chi connectivity index (χ1) is 14.7. The van der Waals surface area contributed by atoms with Crippen LogP contribution in [-0.2, 0) is 4.74 Å². The number of nitrogens with one attached hydrogen (secondary N) is 1. The predicted octanol–water partition coefficient (Wildman–Crippen LogP) is 3.69. The van der Waals surface area contributed by atoms with Gasteiger partial charge in [0.15, 0.2) is 17.5 Å². The number of rotatable bonds is 5. The van der Waals surface area contributed by atoms with Crippen molar-refractivity contribution in [1.82, 2.24) is 20.2 Å². The van der Waals surface area contributed by atoms with Gasteiger partial charge in [-0.15, -0.1) is 5.10 Å². The maximum absolute atomic E-state index is 14.3. The molecule has 0 atom stereocenters. The van der Waals surface area contributed by atoms with Crippen molar-refractivity contribution in [3.8, 4) is 17.0 Å². The maximum atomic E-state index is 14.3. The van der Waals surface area contributed by atoms with Gasteiger partial charge in [-0.25, -0.2) is 14.4 Å². The van der Waals surface area contributed by atoms with E-state index in [0.717, 1.165) is 24.2 Å². The average Bonchev–Trinajstić information content (AvgIpc) is 2.82. The number of ether oxygens (including phenoxy) is 2. The van der Waals surface area contributed by atoms with Crippen LogP contribution in [0.4, 0.5) is 21.8 Å². The van der Waals surface area contributed by atoms with E-state index in [2.05, 4.69) is 30.4 Å². The molecule has 1 saturated heterocycles. The van der Waals surface area contributed by atoms with E-state index in [1.807, 2.05) is 19.9 Å². The summed E-state index contributed by atoms with van der Waals surface area (Å²) in [4.78, 5) is 10.6. The van der Waals surface area contributed by atoms with E-state index in [0.29, 0.717) is 30.7 Å². The first kappa shape index (κ1) is 21.4. The molecule has 3 aromatic heterocycles. The van der Waals surface area contributed by atoms with Gasteiger partial charge in [-0.1, -0.05) is 13.8 Å². The zero-order valence-electron chi connectivity index (χ0n) is 17.3. The zero-order valence-corrected chi connectivity index (χ0v) is 17.3. The fourth-order valence-electron chi connectivity index (χ4n) is 2.87. The highest BCUT2D eigenvalue weighted by Crippen LogP contribution is 2.25. The van der Waals surface area contributed by atoms with Crippen LogP contribution in [0.15, 0.2) is 42.7 Å². The molecule has 0 amide bonds. The maximum Gasteiger partial charge on any atom is 0.212 e. The van der Waals surface area contributed by atoms with Gasteiger partial charge in [0.25, 0.3) is 0 Å². The SMILES string of the molecule is CC.COc1ccc(-c2cnnc(Nc3nc(N4CCOCC4)ccc3F)c2)cn1. The molecule has 30 heavy (non-hydrogen) atoms. The summed E-state index contributed by atoms with van der Waals surface area (Å²) in [5.74, 6) is 1.24. The average molecular weight is 412 g/mol. The van der Waals surface area contributed by atoms with Crippen molar-refractivity contribution >= 4 is 17.5 Å². The summed E-state index contributed by atoms with van der Waals surface area (Å²) in [6, 6.07) is 8.45. The minimum absolute atomic E-state index is 0.100. The van der Waals surface area contributed by atoms with E-state index >= 15 is 0 Å². The first-order valence-electron chi connectivity index (χ1n) is 9.82. The molecule has 4 rings (SSSR count).